The van der Waals surface area contributed by atoms with Crippen LogP contribution in [0, 0.1) is 0 Å². The van der Waals surface area contributed by atoms with Gasteiger partial charge in [0, 0.05) is 18.5 Å². The maximum absolute atomic E-state index is 11.2. The summed E-state index contributed by atoms with van der Waals surface area (Å²) < 4.78 is 0. The summed E-state index contributed by atoms with van der Waals surface area (Å²) in [7, 11) is 2.09. The number of hydrogen-bond donors (Lipinski definition) is 0. The van der Waals surface area contributed by atoms with Gasteiger partial charge in [-0.2, -0.15) is 0 Å². The van der Waals surface area contributed by atoms with Crippen molar-refractivity contribution in [1.82, 2.24) is 0 Å². The molecule has 0 radical (unpaired) electrons. The molecule has 0 spiro atoms. The molecule has 0 bridgehead atoms. The second kappa shape index (κ2) is 3.14. The molecule has 0 unspecified atom stereocenters. The summed E-state index contributed by atoms with van der Waals surface area (Å²) in [4.78, 5) is 15.7. The van der Waals surface area contributed by atoms with Crippen molar-refractivity contribution in [2.75, 3.05) is 18.5 Å². The zero-order valence-corrected chi connectivity index (χ0v) is 8.78. The first-order valence-electron chi connectivity index (χ1n) is 4.53. The van der Waals surface area contributed by atoms with Gasteiger partial charge in [0.1, 0.15) is 0 Å². The molecule has 0 aliphatic carbocycles. The van der Waals surface area contributed by atoms with Crippen LogP contribution in [0.4, 0.5) is 5.69 Å². The van der Waals surface area contributed by atoms with Crippen molar-refractivity contribution in [3.8, 4) is 0 Å². The fraction of sp³-hybridized carbons (Fsp3) is 0.500. The van der Waals surface area contributed by atoms with Crippen LogP contribution in [-0.4, -0.2) is 19.4 Å². The summed E-state index contributed by atoms with van der Waals surface area (Å²) >= 11 is 1.66. The van der Waals surface area contributed by atoms with Crippen LogP contribution in [0.1, 0.15) is 27.9 Å². The Balaban J connectivity index is 2.42. The Morgan fingerprint density at radius 3 is 3.00 bits per heavy atom. The van der Waals surface area contributed by atoms with E-state index in [1.54, 1.807) is 18.3 Å². The van der Waals surface area contributed by atoms with Crippen LogP contribution in [0.3, 0.4) is 0 Å². The minimum atomic E-state index is 0.188. The molecule has 1 aromatic rings. The predicted octanol–water partition coefficient (Wildman–Crippen LogP) is 2.33. The van der Waals surface area contributed by atoms with Gasteiger partial charge >= 0.3 is 0 Å². The maximum atomic E-state index is 11.2. The van der Waals surface area contributed by atoms with Gasteiger partial charge < -0.3 is 4.90 Å². The summed E-state index contributed by atoms with van der Waals surface area (Å²) in [6.07, 6.45) is 2.35. The quantitative estimate of drug-likeness (QED) is 0.641. The minimum absolute atomic E-state index is 0.188. The molecule has 0 N–H and O–H groups in total. The van der Waals surface area contributed by atoms with E-state index in [9.17, 15) is 4.79 Å². The molecular weight excluding hydrogens is 182 g/mol. The molecule has 0 amide bonds. The van der Waals surface area contributed by atoms with E-state index in [-0.39, 0.29) is 5.78 Å². The van der Waals surface area contributed by atoms with E-state index in [0.717, 1.165) is 17.8 Å². The summed E-state index contributed by atoms with van der Waals surface area (Å²) in [5.74, 6) is 0.188. The van der Waals surface area contributed by atoms with E-state index < -0.39 is 0 Å². The third kappa shape index (κ3) is 1.48. The molecule has 2 heterocycles. The summed E-state index contributed by atoms with van der Waals surface area (Å²) in [5, 5.41) is 0. The first-order valence-corrected chi connectivity index (χ1v) is 5.35. The Labute approximate surface area is 82.2 Å². The third-order valence-corrected chi connectivity index (χ3v) is 3.73. The van der Waals surface area contributed by atoms with Gasteiger partial charge in [-0.25, -0.2) is 0 Å². The number of hydrogen-bond acceptors (Lipinski definition) is 3. The molecular formula is C10H13NOS. The van der Waals surface area contributed by atoms with Crippen LogP contribution in [-0.2, 0) is 6.42 Å². The Kier molecular flexibility index (Phi) is 2.12. The molecule has 0 saturated carbocycles. The standard InChI is InChI=1S/C10H13NOS/c1-7(12)10-6-8-9(13-10)4-3-5-11(8)2/h6H,3-5H2,1-2H3. The van der Waals surface area contributed by atoms with Crippen LogP contribution in [0.2, 0.25) is 0 Å². The van der Waals surface area contributed by atoms with Crippen LogP contribution in [0.5, 0.6) is 0 Å². The predicted molar refractivity (Wildman–Crippen MR) is 55.9 cm³/mol. The number of fused-ring (bicyclic) bond motifs is 1. The first-order chi connectivity index (χ1) is 6.18. The lowest BCUT2D eigenvalue weighted by molar-refractivity contribution is 0.102. The topological polar surface area (TPSA) is 20.3 Å². The molecule has 1 aromatic heterocycles. The van der Waals surface area contributed by atoms with Crippen molar-refractivity contribution in [3.63, 3.8) is 0 Å². The number of aryl methyl sites for hydroxylation is 1. The second-order valence-electron chi connectivity index (χ2n) is 3.50. The number of anilines is 1. The number of ketones is 1. The summed E-state index contributed by atoms with van der Waals surface area (Å²) in [6.45, 7) is 2.75. The van der Waals surface area contributed by atoms with Gasteiger partial charge in [0.15, 0.2) is 5.78 Å². The molecule has 2 nitrogen and oxygen atoms in total. The highest BCUT2D eigenvalue weighted by molar-refractivity contribution is 7.14. The van der Waals surface area contributed by atoms with Gasteiger partial charge in [-0.05, 0) is 25.8 Å². The van der Waals surface area contributed by atoms with E-state index in [1.807, 2.05) is 6.07 Å². The molecule has 3 heteroatoms. The highest BCUT2D eigenvalue weighted by Crippen LogP contribution is 2.34. The average Bonchev–Trinajstić information content (AvgIpc) is 2.49. The van der Waals surface area contributed by atoms with Crippen LogP contribution >= 0.6 is 11.3 Å². The van der Waals surface area contributed by atoms with E-state index in [1.165, 1.54) is 17.0 Å². The van der Waals surface area contributed by atoms with Gasteiger partial charge in [-0.15, -0.1) is 11.3 Å². The van der Waals surface area contributed by atoms with Crippen molar-refractivity contribution in [2.45, 2.75) is 19.8 Å². The molecule has 0 fully saturated rings. The normalized spacial score (nSPS) is 15.7. The van der Waals surface area contributed by atoms with Crippen molar-refractivity contribution in [2.24, 2.45) is 0 Å². The number of thiophene rings is 1. The van der Waals surface area contributed by atoms with Crippen LogP contribution in [0.25, 0.3) is 0 Å². The van der Waals surface area contributed by atoms with Crippen LogP contribution in [0.15, 0.2) is 6.07 Å². The monoisotopic (exact) mass is 195 g/mol. The Hall–Kier alpha value is -0.830. The lowest BCUT2D eigenvalue weighted by Crippen LogP contribution is -2.23. The minimum Gasteiger partial charge on any atom is -0.374 e. The van der Waals surface area contributed by atoms with Crippen molar-refractivity contribution in [1.29, 1.82) is 0 Å². The van der Waals surface area contributed by atoms with Crippen molar-refractivity contribution in [3.05, 3.63) is 15.8 Å². The molecule has 13 heavy (non-hydrogen) atoms. The van der Waals surface area contributed by atoms with Gasteiger partial charge in [0.2, 0.25) is 0 Å². The first kappa shape index (κ1) is 8.75. The number of carbonyl (C=O) groups excluding carboxylic acids is 1. The lowest BCUT2D eigenvalue weighted by Gasteiger charge is -2.23. The highest BCUT2D eigenvalue weighted by Gasteiger charge is 2.18. The molecule has 1 aliphatic rings. The summed E-state index contributed by atoms with van der Waals surface area (Å²) in [6, 6.07) is 2.03. The molecule has 0 atom stereocenters. The fourth-order valence-electron chi connectivity index (χ4n) is 1.69. The number of rotatable bonds is 1. The number of nitrogens with zero attached hydrogens (tertiary/aromatic N) is 1. The Morgan fingerprint density at radius 1 is 1.62 bits per heavy atom. The Morgan fingerprint density at radius 2 is 2.38 bits per heavy atom. The second-order valence-corrected chi connectivity index (χ2v) is 4.64. The lowest BCUT2D eigenvalue weighted by atomic mass is 10.1. The van der Waals surface area contributed by atoms with Gasteiger partial charge in [-0.3, -0.25) is 4.79 Å². The van der Waals surface area contributed by atoms with Gasteiger partial charge in [0.25, 0.3) is 0 Å². The smallest absolute Gasteiger partial charge is 0.169 e. The van der Waals surface area contributed by atoms with Gasteiger partial charge in [-0.1, -0.05) is 0 Å². The summed E-state index contributed by atoms with van der Waals surface area (Å²) in [5.41, 5.74) is 1.27. The average molecular weight is 195 g/mol. The molecule has 70 valence electrons. The maximum Gasteiger partial charge on any atom is 0.169 e. The van der Waals surface area contributed by atoms with Crippen LogP contribution < -0.4 is 4.90 Å². The van der Waals surface area contributed by atoms with Crippen molar-refractivity contribution < 1.29 is 4.79 Å². The fourth-order valence-corrected chi connectivity index (χ4v) is 2.84. The Bertz CT molecular complexity index is 343. The molecule has 2 rings (SSSR count). The zero-order chi connectivity index (χ0) is 9.42. The third-order valence-electron chi connectivity index (χ3n) is 2.44. The highest BCUT2D eigenvalue weighted by atomic mass is 32.1. The van der Waals surface area contributed by atoms with E-state index >= 15 is 0 Å². The zero-order valence-electron chi connectivity index (χ0n) is 7.96. The SMILES string of the molecule is CC(=O)c1cc2c(s1)CCCN2C. The molecule has 0 aromatic carbocycles. The number of Topliss-reactive ketones (excluding diaryl/α,β-unsaturated/α-hetero) is 1. The molecule has 1 aliphatic heterocycles. The van der Waals surface area contributed by atoms with E-state index in [4.69, 9.17) is 0 Å². The van der Waals surface area contributed by atoms with E-state index in [0.29, 0.717) is 0 Å². The number of carbonyl (C=O) groups is 1. The molecule has 0 saturated heterocycles. The largest absolute Gasteiger partial charge is 0.374 e. The van der Waals surface area contributed by atoms with Gasteiger partial charge in [0.05, 0.1) is 10.6 Å². The van der Waals surface area contributed by atoms with Crippen molar-refractivity contribution >= 4 is 22.8 Å². The van der Waals surface area contributed by atoms with E-state index in [2.05, 4.69) is 11.9 Å².